The molecule has 0 spiro atoms. The lowest BCUT2D eigenvalue weighted by Gasteiger charge is -2.22. The third-order valence-electron chi connectivity index (χ3n) is 4.34. The van der Waals surface area contributed by atoms with Crippen molar-refractivity contribution in [3.05, 3.63) is 41.7 Å². The van der Waals surface area contributed by atoms with Gasteiger partial charge >= 0.3 is 7.12 Å². The number of carbonyl (C=O) groups excluding carboxylic acids is 1. The van der Waals surface area contributed by atoms with E-state index in [1.54, 1.807) is 4.90 Å². The number of hydrogen-bond acceptors (Lipinski definition) is 8. The molecule has 28 heavy (non-hydrogen) atoms. The SMILES string of the molecule is NC(CCCCB(O)O)c1nnnn1CC(=O)N(CCO)Cc1ccccc1. The number of hydrogen-bond donors (Lipinski definition) is 4. The van der Waals surface area contributed by atoms with Gasteiger partial charge in [-0.3, -0.25) is 4.79 Å². The maximum atomic E-state index is 12.7. The van der Waals surface area contributed by atoms with Crippen LogP contribution in [0.25, 0.3) is 0 Å². The topological polar surface area (TPSA) is 151 Å². The molecule has 2 aromatic rings. The Labute approximate surface area is 164 Å². The number of tetrazole rings is 1. The second-order valence-electron chi connectivity index (χ2n) is 6.59. The minimum atomic E-state index is -1.32. The molecular weight excluding hydrogens is 363 g/mol. The highest BCUT2D eigenvalue weighted by molar-refractivity contribution is 6.40. The summed E-state index contributed by atoms with van der Waals surface area (Å²) in [6.45, 7) is 0.378. The van der Waals surface area contributed by atoms with E-state index in [9.17, 15) is 9.90 Å². The second-order valence-corrected chi connectivity index (χ2v) is 6.59. The zero-order valence-electron chi connectivity index (χ0n) is 15.8. The van der Waals surface area contributed by atoms with Crippen LogP contribution < -0.4 is 5.73 Å². The Morgan fingerprint density at radius 1 is 1.25 bits per heavy atom. The molecule has 0 radical (unpaired) electrons. The molecule has 152 valence electrons. The van der Waals surface area contributed by atoms with Crippen molar-refractivity contribution in [1.29, 1.82) is 0 Å². The third kappa shape index (κ3) is 7.00. The van der Waals surface area contributed by atoms with Gasteiger partial charge in [0.25, 0.3) is 0 Å². The highest BCUT2D eigenvalue weighted by Gasteiger charge is 2.20. The summed E-state index contributed by atoms with van der Waals surface area (Å²) in [5.41, 5.74) is 7.10. The number of unbranched alkanes of at least 4 members (excludes halogenated alkanes) is 1. The molecule has 0 saturated carbocycles. The average molecular weight is 390 g/mol. The molecule has 0 aliphatic heterocycles. The van der Waals surface area contributed by atoms with Crippen LogP contribution >= 0.6 is 0 Å². The van der Waals surface area contributed by atoms with Gasteiger partial charge in [-0.05, 0) is 28.7 Å². The number of benzene rings is 1. The van der Waals surface area contributed by atoms with Gasteiger partial charge in [0.05, 0.1) is 12.6 Å². The van der Waals surface area contributed by atoms with Crippen molar-refractivity contribution in [2.24, 2.45) is 5.73 Å². The Balaban J connectivity index is 1.95. The number of carbonyl (C=O) groups is 1. The Kier molecular flexibility index (Phi) is 9.02. The van der Waals surface area contributed by atoms with Gasteiger partial charge in [0.15, 0.2) is 5.82 Å². The minimum Gasteiger partial charge on any atom is -0.427 e. The third-order valence-corrected chi connectivity index (χ3v) is 4.34. The molecule has 1 heterocycles. The Morgan fingerprint density at radius 3 is 2.68 bits per heavy atom. The van der Waals surface area contributed by atoms with Crippen molar-refractivity contribution >= 4 is 13.0 Å². The molecule has 5 N–H and O–H groups in total. The lowest BCUT2D eigenvalue weighted by atomic mass is 9.83. The first-order valence-electron chi connectivity index (χ1n) is 9.31. The van der Waals surface area contributed by atoms with E-state index in [-0.39, 0.29) is 31.9 Å². The van der Waals surface area contributed by atoms with Crippen LogP contribution in [0.4, 0.5) is 0 Å². The standard InChI is InChI=1S/C17H27BN6O4/c19-15(8-4-5-9-18(27)28)17-20-21-22-24(17)13-16(26)23(10-11-25)12-14-6-2-1-3-7-14/h1-3,6-7,15,25,27-28H,4-5,8-13,19H2. The van der Waals surface area contributed by atoms with Gasteiger partial charge in [-0.1, -0.05) is 43.2 Å². The molecule has 1 unspecified atom stereocenters. The van der Waals surface area contributed by atoms with Crippen molar-refractivity contribution < 1.29 is 19.9 Å². The number of rotatable bonds is 12. The molecule has 0 saturated heterocycles. The van der Waals surface area contributed by atoms with Crippen molar-refractivity contribution in [2.75, 3.05) is 13.2 Å². The molecule has 0 fully saturated rings. The Hall–Kier alpha value is -2.34. The van der Waals surface area contributed by atoms with Gasteiger partial charge in [0, 0.05) is 13.1 Å². The molecule has 1 aromatic heterocycles. The monoisotopic (exact) mass is 390 g/mol. The summed E-state index contributed by atoms with van der Waals surface area (Å²) in [7, 11) is -1.32. The highest BCUT2D eigenvalue weighted by Crippen LogP contribution is 2.15. The quantitative estimate of drug-likeness (QED) is 0.275. The van der Waals surface area contributed by atoms with Crippen molar-refractivity contribution in [1.82, 2.24) is 25.1 Å². The highest BCUT2D eigenvalue weighted by atomic mass is 16.4. The van der Waals surface area contributed by atoms with E-state index < -0.39 is 13.2 Å². The first-order chi connectivity index (χ1) is 13.5. The Morgan fingerprint density at radius 2 is 2.00 bits per heavy atom. The van der Waals surface area contributed by atoms with E-state index in [0.717, 1.165) is 5.56 Å². The second kappa shape index (κ2) is 11.5. The fourth-order valence-electron chi connectivity index (χ4n) is 2.85. The molecule has 1 aromatic carbocycles. The van der Waals surface area contributed by atoms with Crippen LogP contribution in [0, 0.1) is 0 Å². The summed E-state index contributed by atoms with van der Waals surface area (Å²) in [4.78, 5) is 14.3. The van der Waals surface area contributed by atoms with Crippen molar-refractivity contribution in [3.8, 4) is 0 Å². The van der Waals surface area contributed by atoms with E-state index in [4.69, 9.17) is 15.8 Å². The van der Waals surface area contributed by atoms with Crippen molar-refractivity contribution in [3.63, 3.8) is 0 Å². The zero-order valence-corrected chi connectivity index (χ0v) is 15.8. The maximum Gasteiger partial charge on any atom is 0.451 e. The van der Waals surface area contributed by atoms with Gasteiger partial charge < -0.3 is 25.8 Å². The number of aromatic nitrogens is 4. The Bertz CT molecular complexity index is 715. The summed E-state index contributed by atoms with van der Waals surface area (Å²) < 4.78 is 1.38. The number of aliphatic hydroxyl groups is 1. The first-order valence-corrected chi connectivity index (χ1v) is 9.31. The van der Waals surface area contributed by atoms with Gasteiger partial charge in [-0.2, -0.15) is 0 Å². The molecular formula is C17H27BN6O4. The van der Waals surface area contributed by atoms with E-state index in [2.05, 4.69) is 15.5 Å². The fourth-order valence-corrected chi connectivity index (χ4v) is 2.85. The van der Waals surface area contributed by atoms with E-state index in [1.165, 1.54) is 4.68 Å². The summed E-state index contributed by atoms with van der Waals surface area (Å²) in [5, 5.41) is 38.5. The zero-order chi connectivity index (χ0) is 20.4. The van der Waals surface area contributed by atoms with E-state index in [1.807, 2.05) is 30.3 Å². The average Bonchev–Trinajstić information content (AvgIpc) is 3.13. The molecule has 1 amide bonds. The predicted octanol–water partition coefficient (Wildman–Crippen LogP) is -0.663. The number of aliphatic hydroxyl groups excluding tert-OH is 1. The van der Waals surface area contributed by atoms with Crippen LogP contribution in [0.5, 0.6) is 0 Å². The molecule has 0 aliphatic carbocycles. The first kappa shape index (κ1) is 22.0. The summed E-state index contributed by atoms with van der Waals surface area (Å²) >= 11 is 0. The number of nitrogens with zero attached hydrogens (tertiary/aromatic N) is 5. The number of amides is 1. The van der Waals surface area contributed by atoms with Crippen LogP contribution in [0.3, 0.4) is 0 Å². The molecule has 0 aliphatic rings. The van der Waals surface area contributed by atoms with Crippen LogP contribution in [0.15, 0.2) is 30.3 Å². The normalized spacial score (nSPS) is 12.0. The predicted molar refractivity (Wildman–Crippen MR) is 103 cm³/mol. The minimum absolute atomic E-state index is 0.0712. The summed E-state index contributed by atoms with van der Waals surface area (Å²) in [6.07, 6.45) is 2.15. The maximum absolute atomic E-state index is 12.7. The smallest absolute Gasteiger partial charge is 0.427 e. The van der Waals surface area contributed by atoms with E-state index >= 15 is 0 Å². The lowest BCUT2D eigenvalue weighted by Crippen LogP contribution is -2.36. The van der Waals surface area contributed by atoms with E-state index in [0.29, 0.717) is 31.6 Å². The molecule has 10 nitrogen and oxygen atoms in total. The largest absolute Gasteiger partial charge is 0.451 e. The molecule has 0 bridgehead atoms. The van der Waals surface area contributed by atoms with Crippen LogP contribution in [-0.2, 0) is 17.9 Å². The van der Waals surface area contributed by atoms with Crippen molar-refractivity contribution in [2.45, 2.75) is 44.7 Å². The fraction of sp³-hybridized carbons (Fsp3) is 0.529. The molecule has 11 heteroatoms. The summed E-state index contributed by atoms with van der Waals surface area (Å²) in [6, 6.07) is 9.06. The van der Waals surface area contributed by atoms with Gasteiger partial charge in [-0.25, -0.2) is 4.68 Å². The van der Waals surface area contributed by atoms with Crippen LogP contribution in [0.1, 0.15) is 36.7 Å². The lowest BCUT2D eigenvalue weighted by molar-refractivity contribution is -0.133. The number of nitrogens with two attached hydrogens (primary N) is 1. The van der Waals surface area contributed by atoms with Gasteiger partial charge in [-0.15, -0.1) is 5.10 Å². The van der Waals surface area contributed by atoms with Crippen LogP contribution in [0.2, 0.25) is 6.32 Å². The van der Waals surface area contributed by atoms with Crippen LogP contribution in [-0.4, -0.2) is 66.4 Å². The van der Waals surface area contributed by atoms with Gasteiger partial charge in [0.1, 0.15) is 6.54 Å². The molecule has 1 atom stereocenters. The molecule has 2 rings (SSSR count). The van der Waals surface area contributed by atoms with Gasteiger partial charge in [0.2, 0.25) is 5.91 Å². The summed E-state index contributed by atoms with van der Waals surface area (Å²) in [5.74, 6) is 0.184.